The largest absolute Gasteiger partial charge is 0.478 e. The van der Waals surface area contributed by atoms with Crippen LogP contribution in [0, 0.1) is 0 Å². The summed E-state index contributed by atoms with van der Waals surface area (Å²) < 4.78 is 0. The maximum atomic E-state index is 10.9. The van der Waals surface area contributed by atoms with E-state index in [0.717, 1.165) is 30.4 Å². The molecule has 0 saturated carbocycles. The monoisotopic (exact) mass is 260 g/mol. The second-order valence-electron chi connectivity index (χ2n) is 5.94. The van der Waals surface area contributed by atoms with E-state index >= 15 is 0 Å². The Balaban J connectivity index is 3.01. The topological polar surface area (TPSA) is 37.3 Å². The summed E-state index contributed by atoms with van der Waals surface area (Å²) in [6.45, 7) is 8.63. The molecule has 0 aliphatic rings. The normalized spacial score (nSPS) is 12.5. The van der Waals surface area contributed by atoms with E-state index in [2.05, 4.69) is 39.8 Å². The maximum Gasteiger partial charge on any atom is 0.328 e. The van der Waals surface area contributed by atoms with Crippen molar-refractivity contribution in [2.75, 3.05) is 0 Å². The van der Waals surface area contributed by atoms with Gasteiger partial charge in [-0.25, -0.2) is 4.79 Å². The molecule has 0 bridgehead atoms. The third kappa shape index (κ3) is 4.90. The van der Waals surface area contributed by atoms with Crippen molar-refractivity contribution in [2.24, 2.45) is 0 Å². The second kappa shape index (κ2) is 6.55. The quantitative estimate of drug-likeness (QED) is 0.783. The first-order valence-corrected chi connectivity index (χ1v) is 6.89. The van der Waals surface area contributed by atoms with E-state index in [1.807, 2.05) is 12.1 Å². The minimum Gasteiger partial charge on any atom is -0.478 e. The van der Waals surface area contributed by atoms with Crippen LogP contribution in [0.25, 0.3) is 5.57 Å². The Bertz CT molecular complexity index is 447. The van der Waals surface area contributed by atoms with Crippen molar-refractivity contribution in [3.63, 3.8) is 0 Å². The fourth-order valence-electron chi connectivity index (χ4n) is 2.00. The maximum absolute atomic E-state index is 10.9. The SMILES string of the molecule is CCCC/C(=C/C(=O)O)c1ccc(C(C)(C)C)cc1. The van der Waals surface area contributed by atoms with Crippen LogP contribution in [0.3, 0.4) is 0 Å². The lowest BCUT2D eigenvalue weighted by atomic mass is 9.86. The summed E-state index contributed by atoms with van der Waals surface area (Å²) in [5.74, 6) is -0.869. The number of carboxylic acid groups (broad SMARTS) is 1. The molecule has 1 N–H and O–H groups in total. The number of carboxylic acids is 1. The lowest BCUT2D eigenvalue weighted by Gasteiger charge is -2.19. The van der Waals surface area contributed by atoms with Crippen LogP contribution in [-0.2, 0) is 10.2 Å². The summed E-state index contributed by atoms with van der Waals surface area (Å²) in [6.07, 6.45) is 4.23. The molecule has 104 valence electrons. The van der Waals surface area contributed by atoms with Crippen molar-refractivity contribution in [3.8, 4) is 0 Å². The van der Waals surface area contributed by atoms with Gasteiger partial charge in [-0.2, -0.15) is 0 Å². The van der Waals surface area contributed by atoms with Crippen molar-refractivity contribution in [3.05, 3.63) is 41.5 Å². The van der Waals surface area contributed by atoms with E-state index in [1.165, 1.54) is 11.6 Å². The Kier molecular flexibility index (Phi) is 5.34. The van der Waals surface area contributed by atoms with E-state index in [-0.39, 0.29) is 5.41 Å². The molecule has 0 fully saturated rings. The Hall–Kier alpha value is -1.57. The number of benzene rings is 1. The molecule has 2 nitrogen and oxygen atoms in total. The predicted octanol–water partition coefficient (Wildman–Crippen LogP) is 4.64. The number of hydrogen-bond acceptors (Lipinski definition) is 1. The summed E-state index contributed by atoms with van der Waals surface area (Å²) in [7, 11) is 0. The van der Waals surface area contributed by atoms with Crippen LogP contribution in [0.15, 0.2) is 30.3 Å². The molecule has 1 aromatic rings. The highest BCUT2D eigenvalue weighted by atomic mass is 16.4. The molecule has 0 radical (unpaired) electrons. The van der Waals surface area contributed by atoms with Crippen LogP contribution in [-0.4, -0.2) is 11.1 Å². The average Bonchev–Trinajstić information content (AvgIpc) is 2.33. The summed E-state index contributed by atoms with van der Waals surface area (Å²) >= 11 is 0. The number of carbonyl (C=O) groups is 1. The number of rotatable bonds is 5. The molecule has 0 spiro atoms. The van der Waals surface area contributed by atoms with Gasteiger partial charge < -0.3 is 5.11 Å². The van der Waals surface area contributed by atoms with Crippen LogP contribution in [0.2, 0.25) is 0 Å². The van der Waals surface area contributed by atoms with Gasteiger partial charge in [-0.1, -0.05) is 58.4 Å². The zero-order chi connectivity index (χ0) is 14.5. The minimum absolute atomic E-state index is 0.124. The van der Waals surface area contributed by atoms with Crippen molar-refractivity contribution in [2.45, 2.75) is 52.4 Å². The van der Waals surface area contributed by atoms with Gasteiger partial charge in [-0.3, -0.25) is 0 Å². The Morgan fingerprint density at radius 3 is 2.21 bits per heavy atom. The van der Waals surface area contributed by atoms with Gasteiger partial charge in [0.05, 0.1) is 0 Å². The second-order valence-corrected chi connectivity index (χ2v) is 5.94. The Morgan fingerprint density at radius 2 is 1.79 bits per heavy atom. The Morgan fingerprint density at radius 1 is 1.21 bits per heavy atom. The van der Waals surface area contributed by atoms with Gasteiger partial charge in [0.1, 0.15) is 0 Å². The molecule has 0 unspecified atom stereocenters. The molecule has 0 heterocycles. The first-order valence-electron chi connectivity index (χ1n) is 6.89. The lowest BCUT2D eigenvalue weighted by molar-refractivity contribution is -0.131. The van der Waals surface area contributed by atoms with Crippen molar-refractivity contribution < 1.29 is 9.90 Å². The van der Waals surface area contributed by atoms with Crippen LogP contribution in [0.1, 0.15) is 58.1 Å². The smallest absolute Gasteiger partial charge is 0.328 e. The van der Waals surface area contributed by atoms with Gasteiger partial charge in [0.25, 0.3) is 0 Å². The molecule has 0 atom stereocenters. The fraction of sp³-hybridized carbons (Fsp3) is 0.471. The molecule has 1 aromatic carbocycles. The zero-order valence-corrected chi connectivity index (χ0v) is 12.4. The van der Waals surface area contributed by atoms with Crippen LogP contribution >= 0.6 is 0 Å². The zero-order valence-electron chi connectivity index (χ0n) is 12.4. The predicted molar refractivity (Wildman–Crippen MR) is 80.3 cm³/mol. The van der Waals surface area contributed by atoms with E-state index in [4.69, 9.17) is 5.11 Å². The highest BCUT2D eigenvalue weighted by Gasteiger charge is 2.13. The summed E-state index contributed by atoms with van der Waals surface area (Å²) in [5, 5.41) is 8.95. The number of unbranched alkanes of at least 4 members (excludes halogenated alkanes) is 1. The molecule has 1 rings (SSSR count). The third-order valence-electron chi connectivity index (χ3n) is 3.22. The van der Waals surface area contributed by atoms with Crippen LogP contribution in [0.4, 0.5) is 0 Å². The van der Waals surface area contributed by atoms with Crippen molar-refractivity contribution in [1.82, 2.24) is 0 Å². The molecular weight excluding hydrogens is 236 g/mol. The van der Waals surface area contributed by atoms with Crippen LogP contribution in [0.5, 0.6) is 0 Å². The van der Waals surface area contributed by atoms with Crippen LogP contribution < -0.4 is 0 Å². The van der Waals surface area contributed by atoms with Gasteiger partial charge in [-0.05, 0) is 35.0 Å². The molecule has 0 aliphatic heterocycles. The first-order chi connectivity index (χ1) is 8.84. The van der Waals surface area contributed by atoms with E-state index in [9.17, 15) is 4.79 Å². The van der Waals surface area contributed by atoms with E-state index < -0.39 is 5.97 Å². The molecule has 2 heteroatoms. The van der Waals surface area contributed by atoms with Gasteiger partial charge in [-0.15, -0.1) is 0 Å². The molecule has 0 saturated heterocycles. The van der Waals surface area contributed by atoms with Gasteiger partial charge >= 0.3 is 5.97 Å². The summed E-state index contributed by atoms with van der Waals surface area (Å²) in [4.78, 5) is 10.9. The standard InChI is InChI=1S/C17H24O2/c1-5-6-7-14(12-16(18)19)13-8-10-15(11-9-13)17(2,3)4/h8-12H,5-7H2,1-4H3,(H,18,19)/b14-12-. The van der Waals surface area contributed by atoms with E-state index in [0.29, 0.717) is 0 Å². The minimum atomic E-state index is -0.869. The number of aliphatic carboxylic acids is 1. The van der Waals surface area contributed by atoms with Gasteiger partial charge in [0.2, 0.25) is 0 Å². The first kappa shape index (κ1) is 15.5. The van der Waals surface area contributed by atoms with Crippen molar-refractivity contribution >= 4 is 11.5 Å². The van der Waals surface area contributed by atoms with Crippen molar-refractivity contribution in [1.29, 1.82) is 0 Å². The lowest BCUT2D eigenvalue weighted by Crippen LogP contribution is -2.10. The van der Waals surface area contributed by atoms with E-state index in [1.54, 1.807) is 0 Å². The molecule has 0 amide bonds. The third-order valence-corrected chi connectivity index (χ3v) is 3.22. The average molecular weight is 260 g/mol. The highest BCUT2D eigenvalue weighted by molar-refractivity contribution is 5.90. The van der Waals surface area contributed by atoms with Gasteiger partial charge in [0, 0.05) is 6.08 Å². The molecule has 0 aromatic heterocycles. The highest BCUT2D eigenvalue weighted by Crippen LogP contribution is 2.26. The summed E-state index contributed by atoms with van der Waals surface area (Å²) in [5.41, 5.74) is 3.32. The molecular formula is C17H24O2. The number of allylic oxidation sites excluding steroid dienone is 1. The summed E-state index contributed by atoms with van der Waals surface area (Å²) in [6, 6.07) is 8.25. The Labute approximate surface area is 116 Å². The van der Waals surface area contributed by atoms with Gasteiger partial charge in [0.15, 0.2) is 0 Å². The fourth-order valence-corrected chi connectivity index (χ4v) is 2.00. The molecule has 19 heavy (non-hydrogen) atoms. The molecule has 0 aliphatic carbocycles. The number of hydrogen-bond donors (Lipinski definition) is 1.